The summed E-state index contributed by atoms with van der Waals surface area (Å²) < 4.78 is 12.9. The Kier molecular flexibility index (Phi) is 7.61. The first-order chi connectivity index (χ1) is 7.97. The van der Waals surface area contributed by atoms with Gasteiger partial charge in [-0.3, -0.25) is 0 Å². The summed E-state index contributed by atoms with van der Waals surface area (Å²) >= 11 is 0. The summed E-state index contributed by atoms with van der Waals surface area (Å²) in [6.07, 6.45) is 5.22. The molecule has 0 fully saturated rings. The number of hydrogen-bond donors (Lipinski definition) is 0. The largest absolute Gasteiger partial charge is 0.437 e. The van der Waals surface area contributed by atoms with E-state index in [1.165, 1.54) is 31.7 Å². The molecule has 0 aromatic rings. The minimum atomic E-state index is -1.95. The monoisotopic (exact) mass is 306 g/mol. The van der Waals surface area contributed by atoms with Crippen molar-refractivity contribution >= 4 is 25.2 Å². The van der Waals surface area contributed by atoms with Gasteiger partial charge in [0.1, 0.15) is 0 Å². The van der Waals surface area contributed by atoms with E-state index in [1.807, 2.05) is 0 Å². The molecule has 0 unspecified atom stereocenters. The van der Waals surface area contributed by atoms with Crippen molar-refractivity contribution in [1.82, 2.24) is 0 Å². The maximum atomic E-state index is 6.47. The molecule has 0 aromatic carbocycles. The van der Waals surface area contributed by atoms with Crippen LogP contribution in [0.1, 0.15) is 32.6 Å². The first-order valence-corrected chi connectivity index (χ1v) is 16.7. The highest BCUT2D eigenvalue weighted by atomic mass is 28.5. The quantitative estimate of drug-likeness (QED) is 0.423. The van der Waals surface area contributed by atoms with Gasteiger partial charge < -0.3 is 8.23 Å². The van der Waals surface area contributed by atoms with E-state index >= 15 is 0 Å². The lowest BCUT2D eigenvalue weighted by Crippen LogP contribution is -2.52. The molecular weight excluding hydrogens is 272 g/mol. The standard InChI is InChI=1S/C13H34O2Si3/c1-9-10-11-12-13-18(8,14-16(2,3)4)15-17(5,6)7/h9-13H2,1-8H3. The van der Waals surface area contributed by atoms with Crippen molar-refractivity contribution in [3.8, 4) is 0 Å². The zero-order valence-electron chi connectivity index (χ0n) is 13.9. The molecule has 0 heterocycles. The van der Waals surface area contributed by atoms with Gasteiger partial charge in [-0.1, -0.05) is 32.6 Å². The van der Waals surface area contributed by atoms with Gasteiger partial charge in [-0.05, 0) is 51.9 Å². The molecule has 5 heteroatoms. The van der Waals surface area contributed by atoms with E-state index in [2.05, 4.69) is 52.8 Å². The lowest BCUT2D eigenvalue weighted by atomic mass is 10.2. The van der Waals surface area contributed by atoms with Crippen molar-refractivity contribution < 1.29 is 8.23 Å². The van der Waals surface area contributed by atoms with Crippen LogP contribution in [0.4, 0.5) is 0 Å². The summed E-state index contributed by atoms with van der Waals surface area (Å²) in [7, 11) is -4.95. The van der Waals surface area contributed by atoms with Crippen molar-refractivity contribution in [2.75, 3.05) is 0 Å². The molecule has 0 aliphatic heterocycles. The fourth-order valence-electron chi connectivity index (χ4n) is 2.29. The summed E-state index contributed by atoms with van der Waals surface area (Å²) in [6, 6.07) is 1.17. The molecule has 110 valence electrons. The van der Waals surface area contributed by atoms with Gasteiger partial charge in [0.2, 0.25) is 0 Å². The molecule has 0 radical (unpaired) electrons. The Hall–Kier alpha value is 0.571. The second-order valence-electron chi connectivity index (χ2n) is 7.37. The summed E-state index contributed by atoms with van der Waals surface area (Å²) in [5, 5.41) is 0. The molecule has 0 aromatic heterocycles. The summed E-state index contributed by atoms with van der Waals surface area (Å²) in [5.41, 5.74) is 0. The average molecular weight is 307 g/mol. The van der Waals surface area contributed by atoms with Gasteiger partial charge in [-0.25, -0.2) is 0 Å². The van der Waals surface area contributed by atoms with Gasteiger partial charge in [0.15, 0.2) is 16.6 Å². The lowest BCUT2D eigenvalue weighted by Gasteiger charge is -2.38. The van der Waals surface area contributed by atoms with Crippen LogP contribution in [0.5, 0.6) is 0 Å². The van der Waals surface area contributed by atoms with E-state index in [0.29, 0.717) is 0 Å². The molecule has 0 saturated heterocycles. The highest BCUT2D eigenvalue weighted by molar-refractivity contribution is 6.87. The minimum Gasteiger partial charge on any atom is -0.437 e. The van der Waals surface area contributed by atoms with E-state index in [-0.39, 0.29) is 0 Å². The van der Waals surface area contributed by atoms with Crippen molar-refractivity contribution in [3.63, 3.8) is 0 Å². The second-order valence-corrected chi connectivity index (χ2v) is 20.2. The first-order valence-electron chi connectivity index (χ1n) is 7.38. The van der Waals surface area contributed by atoms with E-state index in [0.717, 1.165) is 0 Å². The highest BCUT2D eigenvalue weighted by Gasteiger charge is 2.39. The van der Waals surface area contributed by atoms with Crippen LogP contribution in [0.3, 0.4) is 0 Å². The minimum absolute atomic E-state index is 1.17. The molecule has 0 spiro atoms. The number of unbranched alkanes of at least 4 members (excludes halogenated alkanes) is 3. The van der Waals surface area contributed by atoms with Crippen LogP contribution in [-0.2, 0) is 8.23 Å². The van der Waals surface area contributed by atoms with Crippen LogP contribution in [0.15, 0.2) is 0 Å². The summed E-state index contributed by atoms with van der Waals surface area (Å²) in [6.45, 7) is 18.2. The topological polar surface area (TPSA) is 18.5 Å². The predicted octanol–water partition coefficient (Wildman–Crippen LogP) is 5.34. The Bertz CT molecular complexity index is 215. The molecule has 0 amide bonds. The fraction of sp³-hybridized carbons (Fsp3) is 1.00. The Labute approximate surface area is 118 Å². The zero-order valence-corrected chi connectivity index (χ0v) is 16.9. The van der Waals surface area contributed by atoms with Crippen molar-refractivity contribution in [1.29, 1.82) is 0 Å². The van der Waals surface area contributed by atoms with Crippen molar-refractivity contribution in [2.45, 2.75) is 84.5 Å². The second kappa shape index (κ2) is 7.38. The van der Waals surface area contributed by atoms with Gasteiger partial charge in [-0.2, -0.15) is 0 Å². The molecular formula is C13H34O2Si3. The van der Waals surface area contributed by atoms with E-state index in [9.17, 15) is 0 Å². The summed E-state index contributed by atoms with van der Waals surface area (Å²) in [4.78, 5) is 0. The van der Waals surface area contributed by atoms with Crippen LogP contribution >= 0.6 is 0 Å². The molecule has 0 aliphatic rings. The summed E-state index contributed by atoms with van der Waals surface area (Å²) in [5.74, 6) is 0. The molecule has 0 N–H and O–H groups in total. The van der Waals surface area contributed by atoms with Gasteiger partial charge in [0.25, 0.3) is 0 Å². The third kappa shape index (κ3) is 10.5. The molecule has 0 rings (SSSR count). The van der Waals surface area contributed by atoms with Crippen LogP contribution < -0.4 is 0 Å². The van der Waals surface area contributed by atoms with Crippen molar-refractivity contribution in [3.05, 3.63) is 0 Å². The Morgan fingerprint density at radius 3 is 1.44 bits per heavy atom. The Morgan fingerprint density at radius 2 is 1.11 bits per heavy atom. The van der Waals surface area contributed by atoms with E-state index in [1.54, 1.807) is 0 Å². The molecule has 0 aliphatic carbocycles. The number of hydrogen-bond acceptors (Lipinski definition) is 2. The first kappa shape index (κ1) is 18.6. The fourth-order valence-corrected chi connectivity index (χ4v) is 14.9. The van der Waals surface area contributed by atoms with Crippen LogP contribution in [-0.4, -0.2) is 25.2 Å². The van der Waals surface area contributed by atoms with Gasteiger partial charge in [0, 0.05) is 0 Å². The third-order valence-corrected chi connectivity index (χ3v) is 12.1. The van der Waals surface area contributed by atoms with Crippen LogP contribution in [0.25, 0.3) is 0 Å². The molecule has 18 heavy (non-hydrogen) atoms. The Balaban J connectivity index is 4.50. The molecule has 2 nitrogen and oxygen atoms in total. The smallest absolute Gasteiger partial charge is 0.314 e. The van der Waals surface area contributed by atoms with E-state index in [4.69, 9.17) is 8.23 Å². The highest BCUT2D eigenvalue weighted by Crippen LogP contribution is 2.26. The third-order valence-electron chi connectivity index (χ3n) is 2.53. The maximum Gasteiger partial charge on any atom is 0.314 e. The molecule has 0 atom stereocenters. The van der Waals surface area contributed by atoms with E-state index < -0.39 is 25.2 Å². The lowest BCUT2D eigenvalue weighted by molar-refractivity contribution is 0.380. The Morgan fingerprint density at radius 1 is 0.667 bits per heavy atom. The van der Waals surface area contributed by atoms with Crippen LogP contribution in [0, 0.1) is 0 Å². The number of rotatable bonds is 9. The average Bonchev–Trinajstić information content (AvgIpc) is 2.05. The normalized spacial score (nSPS) is 14.0. The SMILES string of the molecule is CCCCCC[Si](C)(O[Si](C)(C)C)O[Si](C)(C)C. The zero-order chi connectivity index (χ0) is 14.4. The van der Waals surface area contributed by atoms with Crippen molar-refractivity contribution in [2.24, 2.45) is 0 Å². The molecule has 0 saturated carbocycles. The van der Waals surface area contributed by atoms with Gasteiger partial charge in [0.05, 0.1) is 0 Å². The van der Waals surface area contributed by atoms with Gasteiger partial charge in [-0.15, -0.1) is 0 Å². The predicted molar refractivity (Wildman–Crippen MR) is 89.4 cm³/mol. The maximum absolute atomic E-state index is 6.47. The van der Waals surface area contributed by atoms with Gasteiger partial charge >= 0.3 is 8.56 Å². The van der Waals surface area contributed by atoms with Crippen LogP contribution in [0.2, 0.25) is 51.9 Å². The molecule has 0 bridgehead atoms.